The highest BCUT2D eigenvalue weighted by molar-refractivity contribution is 5.94. The first kappa shape index (κ1) is 19.0. The van der Waals surface area contributed by atoms with Crippen LogP contribution in [0.4, 0.5) is 0 Å². The number of nitrogens with zero attached hydrogens (tertiary/aromatic N) is 2. The molecule has 1 aromatic rings. The van der Waals surface area contributed by atoms with Crippen LogP contribution in [-0.2, 0) is 14.3 Å². The van der Waals surface area contributed by atoms with E-state index in [2.05, 4.69) is 18.6 Å². The first-order chi connectivity index (χ1) is 11.9. The number of rotatable bonds is 5. The van der Waals surface area contributed by atoms with Gasteiger partial charge in [-0.15, -0.1) is 0 Å². The van der Waals surface area contributed by atoms with Crippen LogP contribution in [-0.4, -0.2) is 60.9 Å². The van der Waals surface area contributed by atoms with Gasteiger partial charge < -0.3 is 14.5 Å². The highest BCUT2D eigenvalue weighted by atomic mass is 16.5. The van der Waals surface area contributed by atoms with Gasteiger partial charge in [-0.05, 0) is 23.6 Å². The van der Waals surface area contributed by atoms with E-state index >= 15 is 0 Å². The average molecular weight is 346 g/mol. The Morgan fingerprint density at radius 1 is 0.960 bits per heavy atom. The summed E-state index contributed by atoms with van der Waals surface area (Å²) >= 11 is 0. The van der Waals surface area contributed by atoms with Gasteiger partial charge in [0.15, 0.2) is 0 Å². The molecular formula is C19H26N2O4. The van der Waals surface area contributed by atoms with Crippen molar-refractivity contribution in [1.29, 1.82) is 0 Å². The third-order valence-electron chi connectivity index (χ3n) is 4.51. The molecular weight excluding hydrogens is 320 g/mol. The largest absolute Gasteiger partial charge is 0.469 e. The van der Waals surface area contributed by atoms with Gasteiger partial charge in [-0.2, -0.15) is 0 Å². The lowest BCUT2D eigenvalue weighted by Gasteiger charge is -2.35. The molecule has 0 bridgehead atoms. The Bertz CT molecular complexity index is 617. The molecule has 0 N–H and O–H groups in total. The summed E-state index contributed by atoms with van der Waals surface area (Å²) in [6.45, 7) is 6.25. The Morgan fingerprint density at radius 3 is 2.04 bits per heavy atom. The standard InChI is InChI=1S/C19H26N2O4/c1-14(2)15-4-6-16(7-5-15)19(24)21-12-10-20(11-13-21)17(22)8-9-18(23)25-3/h4-7,14H,8-13H2,1-3H3. The molecule has 136 valence electrons. The Balaban J connectivity index is 1.85. The summed E-state index contributed by atoms with van der Waals surface area (Å²) in [5, 5.41) is 0. The van der Waals surface area contributed by atoms with Gasteiger partial charge in [0.05, 0.1) is 13.5 Å². The molecule has 1 aliphatic heterocycles. The first-order valence-corrected chi connectivity index (χ1v) is 8.66. The smallest absolute Gasteiger partial charge is 0.306 e. The molecule has 0 aliphatic carbocycles. The maximum atomic E-state index is 12.6. The van der Waals surface area contributed by atoms with Gasteiger partial charge >= 0.3 is 5.97 Å². The number of ether oxygens (including phenoxy) is 1. The Hall–Kier alpha value is -2.37. The quantitative estimate of drug-likeness (QED) is 0.765. The SMILES string of the molecule is COC(=O)CCC(=O)N1CCN(C(=O)c2ccc(C(C)C)cc2)CC1. The third-order valence-corrected chi connectivity index (χ3v) is 4.51. The minimum Gasteiger partial charge on any atom is -0.469 e. The van der Waals surface area contributed by atoms with Crippen LogP contribution in [0.1, 0.15) is 48.5 Å². The minimum atomic E-state index is -0.382. The zero-order chi connectivity index (χ0) is 18.4. The van der Waals surface area contributed by atoms with E-state index in [1.54, 1.807) is 9.80 Å². The van der Waals surface area contributed by atoms with Gasteiger partial charge in [0, 0.05) is 38.2 Å². The van der Waals surface area contributed by atoms with Gasteiger partial charge in [0.1, 0.15) is 0 Å². The molecule has 2 amide bonds. The molecule has 6 nitrogen and oxygen atoms in total. The van der Waals surface area contributed by atoms with Crippen molar-refractivity contribution in [3.8, 4) is 0 Å². The molecule has 1 heterocycles. The van der Waals surface area contributed by atoms with Crippen LogP contribution in [0.5, 0.6) is 0 Å². The highest BCUT2D eigenvalue weighted by Gasteiger charge is 2.25. The maximum absolute atomic E-state index is 12.6. The van der Waals surface area contributed by atoms with E-state index in [1.165, 1.54) is 12.7 Å². The lowest BCUT2D eigenvalue weighted by atomic mass is 10.0. The van der Waals surface area contributed by atoms with Crippen molar-refractivity contribution in [2.24, 2.45) is 0 Å². The summed E-state index contributed by atoms with van der Waals surface area (Å²) in [4.78, 5) is 39.2. The molecule has 0 aromatic heterocycles. The second-order valence-electron chi connectivity index (χ2n) is 6.53. The van der Waals surface area contributed by atoms with Gasteiger partial charge in [-0.1, -0.05) is 26.0 Å². The first-order valence-electron chi connectivity index (χ1n) is 8.66. The molecule has 0 radical (unpaired) electrons. The van der Waals surface area contributed by atoms with Crippen molar-refractivity contribution in [2.45, 2.75) is 32.6 Å². The highest BCUT2D eigenvalue weighted by Crippen LogP contribution is 2.16. The van der Waals surface area contributed by atoms with E-state index < -0.39 is 0 Å². The maximum Gasteiger partial charge on any atom is 0.306 e. The third kappa shape index (κ3) is 5.05. The number of hydrogen-bond donors (Lipinski definition) is 0. The normalized spacial score (nSPS) is 14.6. The summed E-state index contributed by atoms with van der Waals surface area (Å²) in [6, 6.07) is 7.71. The number of piperazine rings is 1. The fraction of sp³-hybridized carbons (Fsp3) is 0.526. The number of hydrogen-bond acceptors (Lipinski definition) is 4. The van der Waals surface area contributed by atoms with E-state index in [1.807, 2.05) is 24.3 Å². The molecule has 0 unspecified atom stereocenters. The van der Waals surface area contributed by atoms with Crippen molar-refractivity contribution in [2.75, 3.05) is 33.3 Å². The van der Waals surface area contributed by atoms with Crippen molar-refractivity contribution in [3.05, 3.63) is 35.4 Å². The van der Waals surface area contributed by atoms with Gasteiger partial charge in [0.25, 0.3) is 5.91 Å². The number of methoxy groups -OCH3 is 1. The number of carbonyl (C=O) groups excluding carboxylic acids is 3. The molecule has 25 heavy (non-hydrogen) atoms. The molecule has 1 saturated heterocycles. The predicted molar refractivity (Wildman–Crippen MR) is 94.3 cm³/mol. The lowest BCUT2D eigenvalue weighted by Crippen LogP contribution is -2.50. The van der Waals surface area contributed by atoms with Crippen molar-refractivity contribution >= 4 is 17.8 Å². The van der Waals surface area contributed by atoms with Crippen LogP contribution in [0.2, 0.25) is 0 Å². The molecule has 0 spiro atoms. The average Bonchev–Trinajstić information content (AvgIpc) is 2.65. The summed E-state index contributed by atoms with van der Waals surface area (Å²) in [5.74, 6) is -0.0218. The lowest BCUT2D eigenvalue weighted by molar-refractivity contribution is -0.143. The Kier molecular flexibility index (Phi) is 6.56. The van der Waals surface area contributed by atoms with Crippen molar-refractivity contribution in [3.63, 3.8) is 0 Å². The molecule has 1 aromatic carbocycles. The Morgan fingerprint density at radius 2 is 1.52 bits per heavy atom. The summed E-state index contributed by atoms with van der Waals surface area (Å²) in [7, 11) is 1.31. The van der Waals surface area contributed by atoms with Crippen molar-refractivity contribution in [1.82, 2.24) is 9.80 Å². The molecule has 1 aliphatic rings. The second-order valence-corrected chi connectivity index (χ2v) is 6.53. The van der Waals surface area contributed by atoms with E-state index in [9.17, 15) is 14.4 Å². The number of esters is 1. The summed E-state index contributed by atoms with van der Waals surface area (Å²) in [6.07, 6.45) is 0.244. The van der Waals surface area contributed by atoms with Crippen molar-refractivity contribution < 1.29 is 19.1 Å². The van der Waals surface area contributed by atoms with E-state index in [4.69, 9.17) is 0 Å². The van der Waals surface area contributed by atoms with Crippen LogP contribution < -0.4 is 0 Å². The number of amides is 2. The number of benzene rings is 1. The van der Waals surface area contributed by atoms with Crippen LogP contribution in [0.25, 0.3) is 0 Å². The van der Waals surface area contributed by atoms with Gasteiger partial charge in [0.2, 0.25) is 5.91 Å². The van der Waals surface area contributed by atoms with Crippen LogP contribution in [0.3, 0.4) is 0 Å². The minimum absolute atomic E-state index is 0.00281. The molecule has 0 atom stereocenters. The summed E-state index contributed by atoms with van der Waals surface area (Å²) in [5.41, 5.74) is 1.88. The molecule has 0 saturated carbocycles. The van der Waals surface area contributed by atoms with Crippen LogP contribution in [0, 0.1) is 0 Å². The number of carbonyl (C=O) groups is 3. The monoisotopic (exact) mass is 346 g/mol. The van der Waals surface area contributed by atoms with Crippen LogP contribution >= 0.6 is 0 Å². The predicted octanol–water partition coefficient (Wildman–Crippen LogP) is 2.05. The van der Waals surface area contributed by atoms with E-state index in [-0.39, 0.29) is 30.6 Å². The van der Waals surface area contributed by atoms with Gasteiger partial charge in [-0.3, -0.25) is 14.4 Å². The topological polar surface area (TPSA) is 66.9 Å². The fourth-order valence-corrected chi connectivity index (χ4v) is 2.82. The molecule has 1 fully saturated rings. The van der Waals surface area contributed by atoms with E-state index in [0.717, 1.165) is 0 Å². The Labute approximate surface area is 148 Å². The van der Waals surface area contributed by atoms with Crippen LogP contribution in [0.15, 0.2) is 24.3 Å². The zero-order valence-electron chi connectivity index (χ0n) is 15.2. The second kappa shape index (κ2) is 8.65. The zero-order valence-corrected chi connectivity index (χ0v) is 15.2. The molecule has 2 rings (SSSR count). The molecule has 6 heteroatoms. The summed E-state index contributed by atoms with van der Waals surface area (Å²) < 4.78 is 4.55. The van der Waals surface area contributed by atoms with Gasteiger partial charge in [-0.25, -0.2) is 0 Å². The fourth-order valence-electron chi connectivity index (χ4n) is 2.82. The van der Waals surface area contributed by atoms with E-state index in [0.29, 0.717) is 37.7 Å².